The topological polar surface area (TPSA) is 172 Å². The van der Waals surface area contributed by atoms with Gasteiger partial charge in [0.25, 0.3) is 6.29 Å². The van der Waals surface area contributed by atoms with Crippen molar-refractivity contribution in [3.8, 4) is 23.0 Å². The molecule has 3 aromatic carbocycles. The molecule has 3 aliphatic rings. The van der Waals surface area contributed by atoms with Crippen molar-refractivity contribution < 1.29 is 63.1 Å². The molecule has 1 aliphatic carbocycles. The first-order valence-corrected chi connectivity index (χ1v) is 15.0. The summed E-state index contributed by atoms with van der Waals surface area (Å²) in [7, 11) is 5.54. The number of hydrogen-bond donors (Lipinski definition) is 4. The molecule has 2 aliphatic heterocycles. The van der Waals surface area contributed by atoms with E-state index < -0.39 is 66.5 Å². The first-order chi connectivity index (χ1) is 22.7. The zero-order valence-electron chi connectivity index (χ0n) is 26.3. The molecule has 0 aromatic heterocycles. The van der Waals surface area contributed by atoms with Gasteiger partial charge >= 0.3 is 5.97 Å². The molecule has 3 aromatic rings. The highest BCUT2D eigenvalue weighted by Crippen LogP contribution is 2.70. The highest BCUT2D eigenvalue weighted by atomic mass is 16.8. The van der Waals surface area contributed by atoms with Gasteiger partial charge in [-0.05, 0) is 23.3 Å². The Kier molecular flexibility index (Phi) is 9.06. The largest absolute Gasteiger partial charge is 0.497 e. The van der Waals surface area contributed by atoms with E-state index in [2.05, 4.69) is 0 Å². The molecule has 2 fully saturated rings. The molecule has 1 saturated carbocycles. The van der Waals surface area contributed by atoms with Gasteiger partial charge in [-0.15, -0.1) is 0 Å². The zero-order chi connectivity index (χ0) is 33.5. The van der Waals surface area contributed by atoms with Crippen molar-refractivity contribution in [3.63, 3.8) is 0 Å². The Morgan fingerprint density at radius 2 is 1.70 bits per heavy atom. The third-order valence-electron chi connectivity index (χ3n) is 9.25. The van der Waals surface area contributed by atoms with Crippen LogP contribution in [0.1, 0.15) is 22.6 Å². The fourth-order valence-electron chi connectivity index (χ4n) is 7.11. The second-order valence-corrected chi connectivity index (χ2v) is 11.6. The quantitative estimate of drug-likeness (QED) is 0.233. The first kappa shape index (κ1) is 33.0. The second-order valence-electron chi connectivity index (χ2n) is 11.6. The Balaban J connectivity index is 1.52. The molecule has 6 rings (SSSR count). The molecule has 252 valence electrons. The van der Waals surface area contributed by atoms with Gasteiger partial charge in [-0.1, -0.05) is 42.5 Å². The number of ether oxygens (including phenoxy) is 8. The molecule has 13 heteroatoms. The zero-order valence-corrected chi connectivity index (χ0v) is 26.3. The molecule has 47 heavy (non-hydrogen) atoms. The van der Waals surface area contributed by atoms with Crippen molar-refractivity contribution in [3.05, 3.63) is 83.4 Å². The van der Waals surface area contributed by atoms with Crippen LogP contribution in [0.25, 0.3) is 0 Å². The fraction of sp³-hybridized carbons (Fsp3) is 0.441. The maximum atomic E-state index is 13.5. The Morgan fingerprint density at radius 1 is 0.979 bits per heavy atom. The maximum Gasteiger partial charge on any atom is 0.312 e. The van der Waals surface area contributed by atoms with Crippen LogP contribution in [0.5, 0.6) is 23.0 Å². The van der Waals surface area contributed by atoms with Gasteiger partial charge in [0.05, 0.1) is 46.0 Å². The lowest BCUT2D eigenvalue weighted by molar-refractivity contribution is -0.324. The van der Waals surface area contributed by atoms with E-state index in [1.54, 1.807) is 48.5 Å². The average molecular weight is 655 g/mol. The van der Waals surface area contributed by atoms with Gasteiger partial charge in [0, 0.05) is 25.2 Å². The summed E-state index contributed by atoms with van der Waals surface area (Å²) in [5.41, 5.74) is -2.88. The van der Waals surface area contributed by atoms with Crippen molar-refractivity contribution in [1.82, 2.24) is 0 Å². The molecule has 1 saturated heterocycles. The number of benzene rings is 3. The summed E-state index contributed by atoms with van der Waals surface area (Å²) in [6.07, 6.45) is -6.03. The summed E-state index contributed by atoms with van der Waals surface area (Å²) >= 11 is 0. The van der Waals surface area contributed by atoms with E-state index in [4.69, 9.17) is 37.9 Å². The number of aliphatic hydroxyl groups is 4. The third-order valence-corrected chi connectivity index (χ3v) is 9.25. The predicted octanol–water partition coefficient (Wildman–Crippen LogP) is 1.57. The molecular weight excluding hydrogens is 616 g/mol. The molecule has 4 unspecified atom stereocenters. The van der Waals surface area contributed by atoms with Crippen molar-refractivity contribution in [2.75, 3.05) is 41.7 Å². The Labute approximate surface area is 271 Å². The summed E-state index contributed by atoms with van der Waals surface area (Å²) in [6, 6.07) is 18.8. The van der Waals surface area contributed by atoms with Crippen molar-refractivity contribution >= 4 is 5.97 Å². The van der Waals surface area contributed by atoms with Gasteiger partial charge in [-0.3, -0.25) is 4.79 Å². The Hall–Kier alpha value is -3.95. The van der Waals surface area contributed by atoms with Crippen LogP contribution in [-0.2, 0) is 34.9 Å². The molecule has 0 amide bonds. The highest BCUT2D eigenvalue weighted by molar-refractivity contribution is 5.78. The number of hydrogen-bond acceptors (Lipinski definition) is 13. The van der Waals surface area contributed by atoms with Crippen molar-refractivity contribution in [1.29, 1.82) is 0 Å². The van der Waals surface area contributed by atoms with Crippen LogP contribution in [0, 0.1) is 5.92 Å². The van der Waals surface area contributed by atoms with Gasteiger partial charge < -0.3 is 58.3 Å². The number of esters is 1. The van der Waals surface area contributed by atoms with Crippen LogP contribution in [0.2, 0.25) is 0 Å². The number of aliphatic hydroxyl groups excluding tert-OH is 3. The number of fused-ring (bicyclic) bond motifs is 3. The van der Waals surface area contributed by atoms with E-state index in [0.717, 1.165) is 0 Å². The van der Waals surface area contributed by atoms with E-state index in [0.29, 0.717) is 16.9 Å². The van der Waals surface area contributed by atoms with Crippen LogP contribution in [0.15, 0.2) is 66.7 Å². The number of carbonyl (C=O) groups is 1. The van der Waals surface area contributed by atoms with E-state index in [1.165, 1.54) is 40.6 Å². The fourth-order valence-corrected chi connectivity index (χ4v) is 7.11. The number of methoxy groups -OCH3 is 4. The van der Waals surface area contributed by atoms with Crippen LogP contribution in [0.4, 0.5) is 0 Å². The molecule has 2 heterocycles. The molecule has 0 spiro atoms. The van der Waals surface area contributed by atoms with Crippen LogP contribution in [0.3, 0.4) is 0 Å². The summed E-state index contributed by atoms with van der Waals surface area (Å²) in [5, 5.41) is 44.7. The molecule has 9 atom stereocenters. The summed E-state index contributed by atoms with van der Waals surface area (Å²) in [5.74, 6) is -2.05. The highest BCUT2D eigenvalue weighted by Gasteiger charge is 2.78. The molecule has 0 radical (unpaired) electrons. The minimum Gasteiger partial charge on any atom is -0.497 e. The van der Waals surface area contributed by atoms with Gasteiger partial charge in [-0.2, -0.15) is 0 Å². The molecular formula is C34H38O13. The van der Waals surface area contributed by atoms with Crippen molar-refractivity contribution in [2.45, 2.75) is 48.0 Å². The lowest BCUT2D eigenvalue weighted by Crippen LogP contribution is -2.52. The second kappa shape index (κ2) is 12.9. The first-order valence-electron chi connectivity index (χ1n) is 15.0. The van der Waals surface area contributed by atoms with Gasteiger partial charge in [0.1, 0.15) is 41.3 Å². The number of rotatable bonds is 10. The lowest BCUT2D eigenvalue weighted by atomic mass is 9.70. The normalized spacial score (nSPS) is 31.7. The predicted molar refractivity (Wildman–Crippen MR) is 162 cm³/mol. The van der Waals surface area contributed by atoms with E-state index in [1.807, 2.05) is 6.07 Å². The molecule has 0 bridgehead atoms. The Bertz CT molecular complexity index is 1570. The number of carbonyl (C=O) groups excluding carboxylic acids is 1. The molecule has 13 nitrogen and oxygen atoms in total. The standard InChI is InChI=1S/C34H38O13/c1-40-20-12-10-19(11-13-20)34-27(18-8-6-5-7-9-18)26(30(38)42-3)29(37)33(34,39)28-23(41-2)14-21(15-24(28)47-34)45-32-31(43-4)44-17-25(46-32)22(36)16-35/h5-15,22,25-27,29,31-32,35-37,39H,16-17H2,1-4H3/t22?,25?,26-,27-,29-,31?,32?,33+,34+/m1/s1. The van der Waals surface area contributed by atoms with E-state index in [9.17, 15) is 25.2 Å². The van der Waals surface area contributed by atoms with Crippen LogP contribution < -0.4 is 18.9 Å². The summed E-state index contributed by atoms with van der Waals surface area (Å²) in [4.78, 5) is 13.5. The van der Waals surface area contributed by atoms with E-state index in [-0.39, 0.29) is 29.4 Å². The monoisotopic (exact) mass is 654 g/mol. The minimum atomic E-state index is -2.25. The maximum absolute atomic E-state index is 13.5. The minimum absolute atomic E-state index is 0.0474. The van der Waals surface area contributed by atoms with Gasteiger partial charge in [0.15, 0.2) is 11.2 Å². The van der Waals surface area contributed by atoms with Gasteiger partial charge in [0.2, 0.25) is 6.29 Å². The SMILES string of the molecule is COC(=O)[C@H]1[C@@H](O)[C@@]2(O)c3c(OC)cc(OC4OC(C(O)CO)COC4OC)cc3O[C@@]2(c2ccc(OC)cc2)[C@@H]1c1ccccc1. The lowest BCUT2D eigenvalue weighted by Gasteiger charge is -2.40. The molecule has 4 N–H and O–H groups in total. The van der Waals surface area contributed by atoms with Crippen LogP contribution in [-0.4, -0.2) is 98.9 Å². The van der Waals surface area contributed by atoms with Crippen molar-refractivity contribution in [2.24, 2.45) is 5.92 Å². The third kappa shape index (κ3) is 5.10. The Morgan fingerprint density at radius 3 is 2.32 bits per heavy atom. The van der Waals surface area contributed by atoms with Gasteiger partial charge in [-0.25, -0.2) is 0 Å². The average Bonchev–Trinajstić information content (AvgIpc) is 3.49. The summed E-state index contributed by atoms with van der Waals surface area (Å²) in [6.45, 7) is -0.601. The summed E-state index contributed by atoms with van der Waals surface area (Å²) < 4.78 is 46.2. The van der Waals surface area contributed by atoms with Crippen LogP contribution >= 0.6 is 0 Å². The van der Waals surface area contributed by atoms with E-state index >= 15 is 0 Å². The smallest absolute Gasteiger partial charge is 0.312 e.